The maximum Gasteiger partial charge on any atom is 0.261 e. The Balaban J connectivity index is 2.18. The predicted octanol–water partition coefficient (Wildman–Crippen LogP) is 3.85. The third kappa shape index (κ3) is 8.00. The van der Waals surface area contributed by atoms with Crippen LogP contribution in [0.15, 0.2) is 48.5 Å². The van der Waals surface area contributed by atoms with Gasteiger partial charge < -0.3 is 24.4 Å². The van der Waals surface area contributed by atoms with Crippen LogP contribution < -0.4 is 19.5 Å². The van der Waals surface area contributed by atoms with Crippen LogP contribution in [0.4, 0.5) is 0 Å². The smallest absolute Gasteiger partial charge is 0.261 e. The van der Waals surface area contributed by atoms with Gasteiger partial charge in [0.2, 0.25) is 5.91 Å². The Kier molecular flexibility index (Phi) is 10.5. The quantitative estimate of drug-likeness (QED) is 0.495. The monoisotopic (exact) mass is 456 g/mol. The summed E-state index contributed by atoms with van der Waals surface area (Å²) in [7, 11) is 3.10. The molecule has 180 valence electrons. The molecule has 0 spiro atoms. The van der Waals surface area contributed by atoms with Crippen molar-refractivity contribution >= 4 is 11.8 Å². The summed E-state index contributed by atoms with van der Waals surface area (Å²) in [4.78, 5) is 27.9. The number of methoxy groups -OCH3 is 2. The first-order valence-electron chi connectivity index (χ1n) is 11.4. The number of nitrogens with zero attached hydrogens (tertiary/aromatic N) is 1. The van der Waals surface area contributed by atoms with Gasteiger partial charge in [-0.25, -0.2) is 0 Å². The summed E-state index contributed by atoms with van der Waals surface area (Å²) in [6.45, 7) is 6.11. The fourth-order valence-corrected chi connectivity index (χ4v) is 3.43. The second-order valence-corrected chi connectivity index (χ2v) is 7.90. The van der Waals surface area contributed by atoms with Crippen molar-refractivity contribution in [1.82, 2.24) is 10.2 Å². The molecule has 7 heteroatoms. The molecule has 0 unspecified atom stereocenters. The second kappa shape index (κ2) is 13.4. The topological polar surface area (TPSA) is 77.1 Å². The van der Waals surface area contributed by atoms with Gasteiger partial charge in [0.25, 0.3) is 5.91 Å². The van der Waals surface area contributed by atoms with Gasteiger partial charge in [-0.15, -0.1) is 0 Å². The number of carbonyl (C=O) groups excluding carboxylic acids is 2. The Hall–Kier alpha value is -3.22. The molecule has 0 radical (unpaired) electrons. The summed E-state index contributed by atoms with van der Waals surface area (Å²) in [5.41, 5.74) is 1.10. The van der Waals surface area contributed by atoms with Crippen molar-refractivity contribution in [2.75, 3.05) is 27.4 Å². The van der Waals surface area contributed by atoms with E-state index in [1.54, 1.807) is 37.3 Å². The zero-order valence-corrected chi connectivity index (χ0v) is 20.3. The Labute approximate surface area is 197 Å². The van der Waals surface area contributed by atoms with E-state index in [0.29, 0.717) is 36.6 Å². The number of hydrogen-bond acceptors (Lipinski definition) is 5. The van der Waals surface area contributed by atoms with Gasteiger partial charge in [-0.05, 0) is 31.7 Å². The largest absolute Gasteiger partial charge is 0.496 e. The third-order valence-electron chi connectivity index (χ3n) is 5.56. The lowest BCUT2D eigenvalue weighted by molar-refractivity contribution is -0.142. The van der Waals surface area contributed by atoms with Crippen molar-refractivity contribution in [3.8, 4) is 17.2 Å². The molecule has 0 aliphatic carbocycles. The van der Waals surface area contributed by atoms with Gasteiger partial charge in [-0.1, -0.05) is 44.2 Å². The normalized spacial score (nSPS) is 12.4. The highest BCUT2D eigenvalue weighted by molar-refractivity contribution is 5.88. The van der Waals surface area contributed by atoms with Crippen LogP contribution in [0.3, 0.4) is 0 Å². The Morgan fingerprint density at radius 1 is 0.939 bits per heavy atom. The number of ether oxygens (including phenoxy) is 3. The zero-order chi connectivity index (χ0) is 24.2. The fourth-order valence-electron chi connectivity index (χ4n) is 3.43. The molecule has 0 aliphatic rings. The summed E-state index contributed by atoms with van der Waals surface area (Å²) in [5.74, 6) is 1.20. The van der Waals surface area contributed by atoms with Crippen LogP contribution in [0.5, 0.6) is 17.2 Å². The SMILES string of the molecule is CC[C@H](C)NC(=O)[C@H](CC)N(CCc1ccccc1)C(=O)COc1cc(OC)cc(OC)c1. The van der Waals surface area contributed by atoms with Gasteiger partial charge in [0.15, 0.2) is 6.61 Å². The van der Waals surface area contributed by atoms with E-state index < -0.39 is 6.04 Å². The van der Waals surface area contributed by atoms with Crippen LogP contribution >= 0.6 is 0 Å². The Bertz CT molecular complexity index is 865. The molecule has 0 aliphatic heterocycles. The predicted molar refractivity (Wildman–Crippen MR) is 129 cm³/mol. The molecular formula is C26H36N2O5. The molecule has 2 amide bonds. The number of amides is 2. The van der Waals surface area contributed by atoms with Crippen molar-refractivity contribution in [1.29, 1.82) is 0 Å². The van der Waals surface area contributed by atoms with E-state index in [0.717, 1.165) is 12.0 Å². The summed E-state index contributed by atoms with van der Waals surface area (Å²) >= 11 is 0. The molecule has 0 fully saturated rings. The van der Waals surface area contributed by atoms with Crippen LogP contribution in [-0.4, -0.2) is 56.2 Å². The first-order valence-corrected chi connectivity index (χ1v) is 11.4. The minimum Gasteiger partial charge on any atom is -0.496 e. The summed E-state index contributed by atoms with van der Waals surface area (Å²) in [6.07, 6.45) is 1.98. The van der Waals surface area contributed by atoms with Crippen molar-refractivity contribution in [2.45, 2.75) is 52.1 Å². The van der Waals surface area contributed by atoms with Gasteiger partial charge in [0, 0.05) is 30.8 Å². The fraction of sp³-hybridized carbons (Fsp3) is 0.462. The highest BCUT2D eigenvalue weighted by atomic mass is 16.5. The van der Waals surface area contributed by atoms with Gasteiger partial charge in [-0.2, -0.15) is 0 Å². The lowest BCUT2D eigenvalue weighted by Crippen LogP contribution is -2.52. The van der Waals surface area contributed by atoms with Crippen LogP contribution in [0.25, 0.3) is 0 Å². The average Bonchev–Trinajstić information content (AvgIpc) is 2.85. The van der Waals surface area contributed by atoms with E-state index in [-0.39, 0.29) is 24.5 Å². The van der Waals surface area contributed by atoms with Gasteiger partial charge in [-0.3, -0.25) is 9.59 Å². The van der Waals surface area contributed by atoms with Crippen LogP contribution in [0, 0.1) is 0 Å². The first-order chi connectivity index (χ1) is 15.9. The Morgan fingerprint density at radius 3 is 2.09 bits per heavy atom. The van der Waals surface area contributed by atoms with Crippen molar-refractivity contribution < 1.29 is 23.8 Å². The van der Waals surface area contributed by atoms with E-state index in [2.05, 4.69) is 5.32 Å². The highest BCUT2D eigenvalue weighted by Crippen LogP contribution is 2.27. The maximum atomic E-state index is 13.3. The minimum atomic E-state index is -0.571. The molecule has 0 saturated carbocycles. The number of hydrogen-bond donors (Lipinski definition) is 1. The van der Waals surface area contributed by atoms with E-state index in [1.165, 1.54) is 0 Å². The van der Waals surface area contributed by atoms with Crippen molar-refractivity contribution in [2.24, 2.45) is 0 Å². The standard InChI is InChI=1S/C26H36N2O5/c1-6-19(3)27-26(30)24(7-2)28(14-13-20-11-9-8-10-12-20)25(29)18-33-23-16-21(31-4)15-22(17-23)32-5/h8-12,15-17,19,24H,6-7,13-14,18H2,1-5H3,(H,27,30)/t19-,24-/m0/s1. The molecule has 2 atom stereocenters. The van der Waals surface area contributed by atoms with Crippen molar-refractivity contribution in [3.05, 3.63) is 54.1 Å². The molecule has 2 rings (SSSR count). The third-order valence-corrected chi connectivity index (χ3v) is 5.56. The van der Waals surface area contributed by atoms with E-state index in [9.17, 15) is 9.59 Å². The number of benzene rings is 2. The molecule has 0 heterocycles. The van der Waals surface area contributed by atoms with Crippen molar-refractivity contribution in [3.63, 3.8) is 0 Å². The molecule has 0 aromatic heterocycles. The number of nitrogens with one attached hydrogen (secondary N) is 1. The molecule has 33 heavy (non-hydrogen) atoms. The highest BCUT2D eigenvalue weighted by Gasteiger charge is 2.29. The summed E-state index contributed by atoms with van der Waals surface area (Å²) in [5, 5.41) is 3.01. The van der Waals surface area contributed by atoms with Crippen LogP contribution in [0.2, 0.25) is 0 Å². The summed E-state index contributed by atoms with van der Waals surface area (Å²) < 4.78 is 16.3. The van der Waals surface area contributed by atoms with Crippen LogP contribution in [-0.2, 0) is 16.0 Å². The molecule has 7 nitrogen and oxygen atoms in total. The molecule has 2 aromatic rings. The molecule has 2 aromatic carbocycles. The molecule has 1 N–H and O–H groups in total. The van der Waals surface area contributed by atoms with Gasteiger partial charge in [0.1, 0.15) is 23.3 Å². The Morgan fingerprint density at radius 2 is 1.55 bits per heavy atom. The molecule has 0 saturated heterocycles. The van der Waals surface area contributed by atoms with Gasteiger partial charge in [0.05, 0.1) is 14.2 Å². The van der Waals surface area contributed by atoms with Crippen LogP contribution in [0.1, 0.15) is 39.2 Å². The molecule has 0 bridgehead atoms. The van der Waals surface area contributed by atoms with E-state index >= 15 is 0 Å². The van der Waals surface area contributed by atoms with E-state index in [4.69, 9.17) is 14.2 Å². The first kappa shape index (κ1) is 26.0. The maximum absolute atomic E-state index is 13.3. The lowest BCUT2D eigenvalue weighted by Gasteiger charge is -2.31. The molecular weight excluding hydrogens is 420 g/mol. The zero-order valence-electron chi connectivity index (χ0n) is 20.3. The number of carbonyl (C=O) groups is 2. The number of rotatable bonds is 13. The second-order valence-electron chi connectivity index (χ2n) is 7.90. The average molecular weight is 457 g/mol. The lowest BCUT2D eigenvalue weighted by atomic mass is 10.1. The summed E-state index contributed by atoms with van der Waals surface area (Å²) in [6, 6.07) is 14.5. The van der Waals surface area contributed by atoms with E-state index in [1.807, 2.05) is 51.1 Å². The van der Waals surface area contributed by atoms with Gasteiger partial charge >= 0.3 is 0 Å². The minimum absolute atomic E-state index is 0.0399.